The number of nitrogens with zero attached hydrogens (tertiary/aromatic N) is 2. The molecule has 0 saturated heterocycles. The third-order valence-electron chi connectivity index (χ3n) is 4.43. The van der Waals surface area contributed by atoms with E-state index in [1.165, 1.54) is 22.3 Å². The Bertz CT molecular complexity index is 893. The molecular formula is C21H24N4O. The van der Waals surface area contributed by atoms with Gasteiger partial charge >= 0.3 is 0 Å². The summed E-state index contributed by atoms with van der Waals surface area (Å²) in [6, 6.07) is 14.1. The second-order valence-electron chi connectivity index (χ2n) is 6.77. The summed E-state index contributed by atoms with van der Waals surface area (Å²) >= 11 is 0. The highest BCUT2D eigenvalue weighted by atomic mass is 16.1. The fourth-order valence-electron chi connectivity index (χ4n) is 3.36. The zero-order chi connectivity index (χ0) is 18.7. The number of allylic oxidation sites excluding steroid dienone is 1. The van der Waals surface area contributed by atoms with E-state index in [1.54, 1.807) is 6.07 Å². The average molecular weight is 348 g/mol. The number of carbonyl (C=O) groups excluding carboxylic acids is 1. The Morgan fingerprint density at radius 2 is 1.88 bits per heavy atom. The molecule has 0 radical (unpaired) electrons. The highest BCUT2D eigenvalue weighted by Crippen LogP contribution is 2.34. The predicted molar refractivity (Wildman–Crippen MR) is 106 cm³/mol. The van der Waals surface area contributed by atoms with Crippen LogP contribution in [0.1, 0.15) is 39.0 Å². The van der Waals surface area contributed by atoms with Gasteiger partial charge in [0.05, 0.1) is 0 Å². The Balaban J connectivity index is 2.07. The summed E-state index contributed by atoms with van der Waals surface area (Å²) in [5.41, 5.74) is 17.1. The molecule has 0 fully saturated rings. The normalized spacial score (nSPS) is 13.1. The van der Waals surface area contributed by atoms with Gasteiger partial charge in [0, 0.05) is 12.1 Å². The lowest BCUT2D eigenvalue weighted by Crippen LogP contribution is -2.24. The van der Waals surface area contributed by atoms with Crippen LogP contribution in [0.5, 0.6) is 0 Å². The Morgan fingerprint density at radius 1 is 1.12 bits per heavy atom. The van der Waals surface area contributed by atoms with Gasteiger partial charge in [-0.2, -0.15) is 4.99 Å². The van der Waals surface area contributed by atoms with Crippen LogP contribution in [0.4, 0.5) is 0 Å². The number of guanidine groups is 1. The summed E-state index contributed by atoms with van der Waals surface area (Å²) in [5, 5.41) is 0. The van der Waals surface area contributed by atoms with Gasteiger partial charge in [-0.25, -0.2) is 0 Å². The molecule has 2 aromatic carbocycles. The molecular weight excluding hydrogens is 324 g/mol. The van der Waals surface area contributed by atoms with Crippen LogP contribution in [0.25, 0.3) is 5.57 Å². The van der Waals surface area contributed by atoms with Crippen LogP contribution < -0.4 is 11.5 Å². The number of benzene rings is 2. The molecule has 5 nitrogen and oxygen atoms in total. The summed E-state index contributed by atoms with van der Waals surface area (Å²) < 4.78 is 0. The van der Waals surface area contributed by atoms with E-state index in [-0.39, 0.29) is 5.96 Å². The number of carbonyl (C=O) groups is 1. The molecule has 0 aliphatic heterocycles. The standard InChI is InChI=1S/C21H24N4O/c1-25(2)13-16-6-3-4-8-17(16)18-9-5-7-14-10-11-15(12-19(14)18)20(26)24-21(22)23/h3-4,6,8-12H,5,7,13H2,1-2H3,(H4,22,23,24,26). The van der Waals surface area contributed by atoms with Crippen LogP contribution in [0.2, 0.25) is 0 Å². The highest BCUT2D eigenvalue weighted by molar-refractivity contribution is 6.02. The third kappa shape index (κ3) is 3.83. The van der Waals surface area contributed by atoms with E-state index < -0.39 is 5.91 Å². The second kappa shape index (κ2) is 7.54. The zero-order valence-corrected chi connectivity index (χ0v) is 15.2. The molecule has 26 heavy (non-hydrogen) atoms. The molecule has 3 rings (SSSR count). The fraction of sp³-hybridized carbons (Fsp3) is 0.238. The molecule has 1 aliphatic rings. The number of amides is 1. The van der Waals surface area contributed by atoms with Crippen LogP contribution in [-0.2, 0) is 13.0 Å². The summed E-state index contributed by atoms with van der Waals surface area (Å²) in [7, 11) is 4.12. The van der Waals surface area contributed by atoms with Crippen LogP contribution in [0, 0.1) is 0 Å². The second-order valence-corrected chi connectivity index (χ2v) is 6.77. The van der Waals surface area contributed by atoms with E-state index in [2.05, 4.69) is 54.3 Å². The number of fused-ring (bicyclic) bond motifs is 1. The van der Waals surface area contributed by atoms with Crippen molar-refractivity contribution in [3.8, 4) is 0 Å². The van der Waals surface area contributed by atoms with Gasteiger partial charge in [-0.1, -0.05) is 36.4 Å². The van der Waals surface area contributed by atoms with E-state index in [0.29, 0.717) is 5.56 Å². The van der Waals surface area contributed by atoms with Gasteiger partial charge in [0.15, 0.2) is 5.96 Å². The van der Waals surface area contributed by atoms with Gasteiger partial charge < -0.3 is 16.4 Å². The maximum atomic E-state index is 12.2. The van der Waals surface area contributed by atoms with Gasteiger partial charge in [0.1, 0.15) is 0 Å². The van der Waals surface area contributed by atoms with E-state index in [1.807, 2.05) is 12.1 Å². The Kier molecular flexibility index (Phi) is 5.19. The summed E-state index contributed by atoms with van der Waals surface area (Å²) in [4.78, 5) is 18.0. The minimum Gasteiger partial charge on any atom is -0.370 e. The predicted octanol–water partition coefficient (Wildman–Crippen LogP) is 2.54. The number of hydrogen-bond donors (Lipinski definition) is 2. The first-order chi connectivity index (χ1) is 12.5. The molecule has 0 atom stereocenters. The SMILES string of the molecule is CN(C)Cc1ccccc1C1=CCCc2ccc(C(=O)N=C(N)N)cc21. The summed E-state index contributed by atoms with van der Waals surface area (Å²) in [5.74, 6) is -0.640. The molecule has 0 spiro atoms. The molecule has 0 unspecified atom stereocenters. The Morgan fingerprint density at radius 3 is 2.62 bits per heavy atom. The molecule has 1 amide bonds. The van der Waals surface area contributed by atoms with Gasteiger partial charge in [0.25, 0.3) is 5.91 Å². The molecule has 4 N–H and O–H groups in total. The maximum Gasteiger partial charge on any atom is 0.280 e. The molecule has 2 aromatic rings. The van der Waals surface area contributed by atoms with E-state index >= 15 is 0 Å². The molecule has 0 saturated carbocycles. The fourth-order valence-corrected chi connectivity index (χ4v) is 3.36. The van der Waals surface area contributed by atoms with Crippen molar-refractivity contribution in [2.75, 3.05) is 14.1 Å². The van der Waals surface area contributed by atoms with Crippen LogP contribution in [0.3, 0.4) is 0 Å². The first-order valence-corrected chi connectivity index (χ1v) is 8.66. The maximum absolute atomic E-state index is 12.2. The summed E-state index contributed by atoms with van der Waals surface area (Å²) in [6.45, 7) is 0.857. The van der Waals surface area contributed by atoms with E-state index in [4.69, 9.17) is 11.5 Å². The molecule has 0 bridgehead atoms. The number of rotatable bonds is 4. The van der Waals surface area contributed by atoms with Crippen molar-refractivity contribution in [2.45, 2.75) is 19.4 Å². The first-order valence-electron chi connectivity index (χ1n) is 8.66. The van der Waals surface area contributed by atoms with Crippen LogP contribution in [-0.4, -0.2) is 30.9 Å². The Labute approximate surface area is 154 Å². The first kappa shape index (κ1) is 17.9. The van der Waals surface area contributed by atoms with Crippen molar-refractivity contribution in [3.63, 3.8) is 0 Å². The molecule has 134 valence electrons. The third-order valence-corrected chi connectivity index (χ3v) is 4.43. The highest BCUT2D eigenvalue weighted by Gasteiger charge is 2.18. The van der Waals surface area contributed by atoms with E-state index in [0.717, 1.165) is 24.9 Å². The lowest BCUT2D eigenvalue weighted by molar-refractivity contribution is 0.100. The number of aliphatic imine (C=N–C) groups is 1. The largest absolute Gasteiger partial charge is 0.370 e. The summed E-state index contributed by atoms with van der Waals surface area (Å²) in [6.07, 6.45) is 4.21. The van der Waals surface area contributed by atoms with E-state index in [9.17, 15) is 4.79 Å². The van der Waals surface area contributed by atoms with Gasteiger partial charge in [-0.3, -0.25) is 4.79 Å². The minimum absolute atomic E-state index is 0.222. The lowest BCUT2D eigenvalue weighted by atomic mass is 9.84. The van der Waals surface area contributed by atoms with Crippen molar-refractivity contribution in [2.24, 2.45) is 16.5 Å². The van der Waals surface area contributed by atoms with Gasteiger partial charge in [0.2, 0.25) is 0 Å². The number of aryl methyl sites for hydroxylation is 1. The monoisotopic (exact) mass is 348 g/mol. The molecule has 1 aliphatic carbocycles. The van der Waals surface area contributed by atoms with Crippen molar-refractivity contribution >= 4 is 17.4 Å². The van der Waals surface area contributed by atoms with Crippen molar-refractivity contribution in [1.29, 1.82) is 0 Å². The van der Waals surface area contributed by atoms with Crippen LogP contribution in [0.15, 0.2) is 53.5 Å². The number of hydrogen-bond acceptors (Lipinski definition) is 2. The zero-order valence-electron chi connectivity index (χ0n) is 15.2. The van der Waals surface area contributed by atoms with Gasteiger partial charge in [-0.15, -0.1) is 0 Å². The quantitative estimate of drug-likeness (QED) is 0.657. The smallest absolute Gasteiger partial charge is 0.280 e. The van der Waals surface area contributed by atoms with Crippen molar-refractivity contribution in [3.05, 3.63) is 76.4 Å². The van der Waals surface area contributed by atoms with Crippen molar-refractivity contribution < 1.29 is 4.79 Å². The average Bonchev–Trinajstić information content (AvgIpc) is 2.60. The minimum atomic E-state index is -0.417. The topological polar surface area (TPSA) is 84.7 Å². The molecule has 5 heteroatoms. The van der Waals surface area contributed by atoms with Crippen molar-refractivity contribution in [1.82, 2.24) is 4.90 Å². The Hall–Kier alpha value is -2.92. The van der Waals surface area contributed by atoms with Gasteiger partial charge in [-0.05, 0) is 66.9 Å². The van der Waals surface area contributed by atoms with Crippen LogP contribution >= 0.6 is 0 Å². The number of nitrogens with two attached hydrogens (primary N) is 2. The lowest BCUT2D eigenvalue weighted by Gasteiger charge is -2.22. The molecule has 0 heterocycles. The molecule has 0 aromatic heterocycles.